The maximum absolute atomic E-state index is 13.5. The van der Waals surface area contributed by atoms with Gasteiger partial charge in [-0.2, -0.15) is 9.49 Å². The van der Waals surface area contributed by atoms with E-state index in [1.54, 1.807) is 0 Å². The molecule has 1 heterocycles. The van der Waals surface area contributed by atoms with Gasteiger partial charge in [-0.05, 0) is 27.7 Å². The van der Waals surface area contributed by atoms with Crippen LogP contribution in [0.3, 0.4) is 0 Å². The highest BCUT2D eigenvalue weighted by atomic mass is 19.1. The highest BCUT2D eigenvalue weighted by Crippen LogP contribution is 2.17. The molecule has 0 aromatic carbocycles. The molecule has 0 saturated carbocycles. The van der Waals surface area contributed by atoms with Crippen LogP contribution < -0.4 is 0 Å². The summed E-state index contributed by atoms with van der Waals surface area (Å²) in [5, 5.41) is 3.83. The minimum Gasteiger partial charge on any atom is -0.294 e. The molecule has 0 atom stereocenters. The van der Waals surface area contributed by atoms with Crippen LogP contribution in [-0.2, 0) is 5.54 Å². The molecule has 0 aliphatic carbocycles. The minimum atomic E-state index is -0.556. The second kappa shape index (κ2) is 2.94. The van der Waals surface area contributed by atoms with Crippen molar-refractivity contribution in [3.05, 3.63) is 17.7 Å². The van der Waals surface area contributed by atoms with Gasteiger partial charge in [0.25, 0.3) is 0 Å². The lowest BCUT2D eigenvalue weighted by atomic mass is 10.1. The van der Waals surface area contributed by atoms with E-state index in [1.807, 2.05) is 20.8 Å². The summed E-state index contributed by atoms with van der Waals surface area (Å²) in [7, 11) is 0. The standard InChI is InChI=1S/C9H13FN2O/c1-6(13)7-5-11-12(8(7)10)9(2,3)4/h5H,1-4H3. The number of hydrogen-bond acceptors (Lipinski definition) is 2. The molecule has 13 heavy (non-hydrogen) atoms. The summed E-state index contributed by atoms with van der Waals surface area (Å²) in [6.07, 6.45) is 1.27. The molecule has 1 aromatic rings. The van der Waals surface area contributed by atoms with E-state index in [4.69, 9.17) is 0 Å². The first-order valence-corrected chi connectivity index (χ1v) is 4.09. The van der Waals surface area contributed by atoms with Crippen molar-refractivity contribution in [3.8, 4) is 0 Å². The van der Waals surface area contributed by atoms with Crippen molar-refractivity contribution in [1.29, 1.82) is 0 Å². The second-order valence-corrected chi connectivity index (χ2v) is 3.99. The van der Waals surface area contributed by atoms with E-state index in [0.717, 1.165) is 0 Å². The van der Waals surface area contributed by atoms with Gasteiger partial charge in [-0.1, -0.05) is 0 Å². The molecule has 4 heteroatoms. The van der Waals surface area contributed by atoms with Crippen LogP contribution in [0.2, 0.25) is 0 Å². The van der Waals surface area contributed by atoms with Gasteiger partial charge >= 0.3 is 0 Å². The fraction of sp³-hybridized carbons (Fsp3) is 0.556. The number of ketones is 1. The van der Waals surface area contributed by atoms with Gasteiger partial charge in [0, 0.05) is 0 Å². The molecule has 0 aliphatic heterocycles. The Morgan fingerprint density at radius 2 is 2.08 bits per heavy atom. The minimum absolute atomic E-state index is 0.0509. The number of hydrogen-bond donors (Lipinski definition) is 0. The molecule has 1 aromatic heterocycles. The summed E-state index contributed by atoms with van der Waals surface area (Å²) in [5.41, 5.74) is -0.382. The van der Waals surface area contributed by atoms with Gasteiger partial charge in [0.2, 0.25) is 5.95 Å². The predicted molar refractivity (Wildman–Crippen MR) is 47.2 cm³/mol. The summed E-state index contributed by atoms with van der Waals surface area (Å²) >= 11 is 0. The van der Waals surface area contributed by atoms with Crippen LogP contribution in [0.25, 0.3) is 0 Å². The summed E-state index contributed by atoms with van der Waals surface area (Å²) in [4.78, 5) is 10.9. The molecule has 72 valence electrons. The van der Waals surface area contributed by atoms with E-state index in [-0.39, 0.29) is 11.3 Å². The Hall–Kier alpha value is -1.19. The molecule has 0 amide bonds. The Morgan fingerprint density at radius 3 is 2.31 bits per heavy atom. The van der Waals surface area contributed by atoms with Crippen LogP contribution in [0.15, 0.2) is 6.20 Å². The Bertz CT molecular complexity index is 336. The lowest BCUT2D eigenvalue weighted by Crippen LogP contribution is -2.25. The van der Waals surface area contributed by atoms with Crippen molar-refractivity contribution in [2.75, 3.05) is 0 Å². The van der Waals surface area contributed by atoms with Crippen molar-refractivity contribution >= 4 is 5.78 Å². The highest BCUT2D eigenvalue weighted by Gasteiger charge is 2.22. The van der Waals surface area contributed by atoms with Crippen LogP contribution in [0.4, 0.5) is 4.39 Å². The topological polar surface area (TPSA) is 34.9 Å². The third-order valence-electron chi connectivity index (χ3n) is 1.73. The molecule has 0 fully saturated rings. The number of Topliss-reactive ketones (excluding diaryl/α,β-unsaturated/α-hetero) is 1. The average Bonchev–Trinajstić information content (AvgIpc) is 2.28. The first-order chi connectivity index (χ1) is 5.84. The van der Waals surface area contributed by atoms with E-state index in [9.17, 15) is 9.18 Å². The van der Waals surface area contributed by atoms with Gasteiger partial charge < -0.3 is 0 Å². The van der Waals surface area contributed by atoms with Gasteiger partial charge in [0.05, 0.1) is 17.3 Å². The maximum atomic E-state index is 13.5. The Kier molecular flexibility index (Phi) is 2.24. The third-order valence-corrected chi connectivity index (χ3v) is 1.73. The van der Waals surface area contributed by atoms with Gasteiger partial charge in [0.15, 0.2) is 5.78 Å². The molecule has 0 radical (unpaired) electrons. The summed E-state index contributed by atoms with van der Waals surface area (Å²) in [6.45, 7) is 6.81. The molecule has 0 aliphatic rings. The molecule has 0 unspecified atom stereocenters. The maximum Gasteiger partial charge on any atom is 0.222 e. The molecule has 0 bridgehead atoms. The average molecular weight is 184 g/mol. The number of halogens is 1. The van der Waals surface area contributed by atoms with Gasteiger partial charge in [-0.25, -0.2) is 4.68 Å². The van der Waals surface area contributed by atoms with Crippen molar-refractivity contribution in [2.45, 2.75) is 33.2 Å². The smallest absolute Gasteiger partial charge is 0.222 e. The van der Waals surface area contributed by atoms with E-state index >= 15 is 0 Å². The van der Waals surface area contributed by atoms with Crippen molar-refractivity contribution in [3.63, 3.8) is 0 Å². The van der Waals surface area contributed by atoms with E-state index in [1.165, 1.54) is 17.8 Å². The zero-order valence-electron chi connectivity index (χ0n) is 8.26. The number of carbonyl (C=O) groups excluding carboxylic acids is 1. The zero-order valence-corrected chi connectivity index (χ0v) is 8.26. The molecule has 1 rings (SSSR count). The van der Waals surface area contributed by atoms with Gasteiger partial charge in [-0.3, -0.25) is 4.79 Å². The van der Waals surface area contributed by atoms with Crippen LogP contribution in [0.5, 0.6) is 0 Å². The number of carbonyl (C=O) groups is 1. The molecular formula is C9H13FN2O. The molecule has 0 spiro atoms. The zero-order chi connectivity index (χ0) is 10.2. The van der Waals surface area contributed by atoms with E-state index in [0.29, 0.717) is 0 Å². The second-order valence-electron chi connectivity index (χ2n) is 3.99. The highest BCUT2D eigenvalue weighted by molar-refractivity contribution is 5.93. The Balaban J connectivity index is 3.22. The first kappa shape index (κ1) is 9.89. The first-order valence-electron chi connectivity index (χ1n) is 4.09. The van der Waals surface area contributed by atoms with Crippen molar-refractivity contribution in [1.82, 2.24) is 9.78 Å². The SMILES string of the molecule is CC(=O)c1cnn(C(C)(C)C)c1F. The molecule has 0 saturated heterocycles. The van der Waals surface area contributed by atoms with E-state index in [2.05, 4.69) is 5.10 Å². The fourth-order valence-corrected chi connectivity index (χ4v) is 1.04. The molecular weight excluding hydrogens is 171 g/mol. The lowest BCUT2D eigenvalue weighted by molar-refractivity contribution is 0.101. The van der Waals surface area contributed by atoms with Crippen molar-refractivity contribution < 1.29 is 9.18 Å². The lowest BCUT2D eigenvalue weighted by Gasteiger charge is -2.19. The van der Waals surface area contributed by atoms with Gasteiger partial charge in [0.1, 0.15) is 0 Å². The fourth-order valence-electron chi connectivity index (χ4n) is 1.04. The molecule has 3 nitrogen and oxygen atoms in total. The predicted octanol–water partition coefficient (Wildman–Crippen LogP) is 1.98. The van der Waals surface area contributed by atoms with Crippen molar-refractivity contribution in [2.24, 2.45) is 0 Å². The summed E-state index contributed by atoms with van der Waals surface area (Å²) in [5.74, 6) is -0.854. The summed E-state index contributed by atoms with van der Waals surface area (Å²) in [6, 6.07) is 0. The van der Waals surface area contributed by atoms with Crippen LogP contribution in [-0.4, -0.2) is 15.6 Å². The third kappa shape index (κ3) is 1.76. The van der Waals surface area contributed by atoms with Crippen LogP contribution in [0.1, 0.15) is 38.1 Å². The number of nitrogens with zero attached hydrogens (tertiary/aromatic N) is 2. The Labute approximate surface area is 76.6 Å². The van der Waals surface area contributed by atoms with Crippen LogP contribution >= 0.6 is 0 Å². The monoisotopic (exact) mass is 184 g/mol. The Morgan fingerprint density at radius 1 is 1.54 bits per heavy atom. The number of aromatic nitrogens is 2. The quantitative estimate of drug-likeness (QED) is 0.625. The molecule has 0 N–H and O–H groups in total. The van der Waals surface area contributed by atoms with Gasteiger partial charge in [-0.15, -0.1) is 0 Å². The number of rotatable bonds is 1. The summed E-state index contributed by atoms with van der Waals surface area (Å²) < 4.78 is 14.7. The van der Waals surface area contributed by atoms with E-state index < -0.39 is 11.5 Å². The normalized spacial score (nSPS) is 11.8. The largest absolute Gasteiger partial charge is 0.294 e. The van der Waals surface area contributed by atoms with Crippen LogP contribution in [0, 0.1) is 5.95 Å².